The maximum Gasteiger partial charge on any atom is 0.229 e. The maximum atomic E-state index is 12.5. The summed E-state index contributed by atoms with van der Waals surface area (Å²) in [5, 5.41) is 49.2. The molecule has 0 amide bonds. The zero-order valence-electron chi connectivity index (χ0n) is 16.9. The number of aromatic hydroxyl groups is 1. The monoisotopic (exact) mass is 446 g/mol. The third-order valence-electron chi connectivity index (χ3n) is 5.26. The number of rotatable bonds is 5. The molecule has 0 spiro atoms. The number of hydrogen-bond donors (Lipinski definition) is 5. The van der Waals surface area contributed by atoms with E-state index in [1.807, 2.05) is 0 Å². The minimum atomic E-state index is -1.55. The third-order valence-corrected chi connectivity index (χ3v) is 5.26. The average molecular weight is 446 g/mol. The van der Waals surface area contributed by atoms with E-state index in [1.54, 1.807) is 12.1 Å². The van der Waals surface area contributed by atoms with Crippen molar-refractivity contribution in [3.63, 3.8) is 0 Å². The van der Waals surface area contributed by atoms with Crippen LogP contribution in [0.25, 0.3) is 22.3 Å². The topological polar surface area (TPSA) is 159 Å². The summed E-state index contributed by atoms with van der Waals surface area (Å²) in [6, 6.07) is 10.3. The molecule has 4 rings (SSSR count). The Kier molecular flexibility index (Phi) is 6.04. The van der Waals surface area contributed by atoms with E-state index in [2.05, 4.69) is 0 Å². The first-order valence-corrected chi connectivity index (χ1v) is 9.75. The Balaban J connectivity index is 1.59. The molecule has 10 nitrogen and oxygen atoms in total. The Bertz CT molecular complexity index is 1150. The summed E-state index contributed by atoms with van der Waals surface area (Å²) < 4.78 is 21.7. The number of aliphatic hydroxyl groups is 4. The third kappa shape index (κ3) is 4.01. The molecule has 0 aliphatic carbocycles. The van der Waals surface area contributed by atoms with E-state index >= 15 is 0 Å². The zero-order chi connectivity index (χ0) is 23.0. The molecule has 0 unspecified atom stereocenters. The molecule has 0 saturated carbocycles. The summed E-state index contributed by atoms with van der Waals surface area (Å²) in [6.45, 7) is -0.564. The van der Waals surface area contributed by atoms with Gasteiger partial charge in [-0.2, -0.15) is 0 Å². The lowest BCUT2D eigenvalue weighted by Crippen LogP contribution is -2.60. The number of ether oxygens (including phenoxy) is 3. The van der Waals surface area contributed by atoms with Crippen LogP contribution in [0.1, 0.15) is 0 Å². The van der Waals surface area contributed by atoms with Gasteiger partial charge in [-0.05, 0) is 24.3 Å². The van der Waals surface area contributed by atoms with Crippen LogP contribution in [0, 0.1) is 0 Å². The smallest absolute Gasteiger partial charge is 0.229 e. The normalized spacial score (nSPS) is 25.6. The molecule has 5 atom stereocenters. The minimum absolute atomic E-state index is 0.0390. The second-order valence-corrected chi connectivity index (χ2v) is 7.33. The number of methoxy groups -OCH3 is 1. The van der Waals surface area contributed by atoms with Gasteiger partial charge in [-0.3, -0.25) is 4.79 Å². The first kappa shape index (κ1) is 22.1. The van der Waals surface area contributed by atoms with Gasteiger partial charge in [0, 0.05) is 23.8 Å². The van der Waals surface area contributed by atoms with Crippen LogP contribution in [0.2, 0.25) is 0 Å². The molecular formula is C22H22O10. The van der Waals surface area contributed by atoms with Crippen LogP contribution in [0.5, 0.6) is 17.2 Å². The zero-order valence-corrected chi connectivity index (χ0v) is 16.9. The summed E-state index contributed by atoms with van der Waals surface area (Å²) >= 11 is 0. The van der Waals surface area contributed by atoms with Crippen LogP contribution in [0.3, 0.4) is 0 Å². The lowest BCUT2D eigenvalue weighted by Gasteiger charge is -2.39. The highest BCUT2D eigenvalue weighted by molar-refractivity contribution is 5.86. The van der Waals surface area contributed by atoms with Crippen LogP contribution in [-0.4, -0.2) is 70.0 Å². The van der Waals surface area contributed by atoms with Gasteiger partial charge < -0.3 is 44.2 Å². The van der Waals surface area contributed by atoms with Crippen molar-refractivity contribution < 1.29 is 44.2 Å². The standard InChI is InChI=1S/C22H22O10/c1-29-12-6-13(24)18-14(25)8-15(31-16(18)7-12)10-2-4-11(5-3-10)30-22-21(28)20(27)19(26)17(9-23)32-22/h2-8,17,19-24,26-28H,9H2,1H3/t17-,19-,20+,21-,22-/m1/s1. The highest BCUT2D eigenvalue weighted by atomic mass is 16.7. The Hall–Kier alpha value is -3.15. The number of phenols is 1. The average Bonchev–Trinajstić information content (AvgIpc) is 2.79. The van der Waals surface area contributed by atoms with Gasteiger partial charge >= 0.3 is 0 Å². The molecule has 10 heteroatoms. The summed E-state index contributed by atoms with van der Waals surface area (Å²) in [4.78, 5) is 12.5. The molecule has 3 aromatic rings. The van der Waals surface area contributed by atoms with E-state index in [9.17, 15) is 30.3 Å². The molecule has 1 fully saturated rings. The van der Waals surface area contributed by atoms with Crippen LogP contribution in [0.4, 0.5) is 0 Å². The van der Waals surface area contributed by atoms with Crippen molar-refractivity contribution in [2.24, 2.45) is 0 Å². The van der Waals surface area contributed by atoms with Crippen molar-refractivity contribution in [2.75, 3.05) is 13.7 Å². The lowest BCUT2D eigenvalue weighted by atomic mass is 9.99. The molecule has 1 aromatic heterocycles. The summed E-state index contributed by atoms with van der Waals surface area (Å²) in [5.74, 6) is 0.594. The molecule has 0 radical (unpaired) electrons. The predicted octanol–water partition coefficient (Wildman–Crippen LogP) is 0.353. The van der Waals surface area contributed by atoms with Gasteiger partial charge in [0.05, 0.1) is 13.7 Å². The minimum Gasteiger partial charge on any atom is -0.507 e. The van der Waals surface area contributed by atoms with Crippen LogP contribution < -0.4 is 14.9 Å². The number of hydrogen-bond acceptors (Lipinski definition) is 10. The SMILES string of the molecule is COc1cc(O)c2c(=O)cc(-c3ccc(O[C@@H]4O[C@H](CO)[C@@H](O)[C@H](O)[C@H]4O)cc3)oc2c1. The molecule has 1 saturated heterocycles. The summed E-state index contributed by atoms with van der Waals surface area (Å²) in [7, 11) is 1.43. The van der Waals surface area contributed by atoms with Crippen LogP contribution in [-0.2, 0) is 4.74 Å². The molecule has 2 heterocycles. The first-order valence-electron chi connectivity index (χ1n) is 9.75. The molecule has 170 valence electrons. The largest absolute Gasteiger partial charge is 0.507 e. The Morgan fingerprint density at radius 3 is 2.34 bits per heavy atom. The number of fused-ring (bicyclic) bond motifs is 1. The summed E-state index contributed by atoms with van der Waals surface area (Å²) in [6.07, 6.45) is -6.96. The van der Waals surface area contributed by atoms with Crippen molar-refractivity contribution in [3.8, 4) is 28.6 Å². The van der Waals surface area contributed by atoms with E-state index in [1.165, 1.54) is 37.4 Å². The summed E-state index contributed by atoms with van der Waals surface area (Å²) in [5.41, 5.74) is 0.265. The van der Waals surface area contributed by atoms with Crippen LogP contribution in [0.15, 0.2) is 51.7 Å². The fourth-order valence-electron chi connectivity index (χ4n) is 3.50. The highest BCUT2D eigenvalue weighted by Crippen LogP contribution is 2.32. The molecule has 2 aromatic carbocycles. The van der Waals surface area contributed by atoms with Gasteiger partial charge in [0.25, 0.3) is 0 Å². The van der Waals surface area contributed by atoms with Gasteiger partial charge in [-0.15, -0.1) is 0 Å². The first-order chi connectivity index (χ1) is 15.3. The van der Waals surface area contributed by atoms with Crippen molar-refractivity contribution >= 4 is 11.0 Å². The molecule has 1 aliphatic heterocycles. The van der Waals surface area contributed by atoms with Crippen molar-refractivity contribution in [2.45, 2.75) is 30.7 Å². The lowest BCUT2D eigenvalue weighted by molar-refractivity contribution is -0.277. The van der Waals surface area contributed by atoms with E-state index < -0.39 is 42.7 Å². The predicted molar refractivity (Wildman–Crippen MR) is 111 cm³/mol. The Morgan fingerprint density at radius 2 is 1.69 bits per heavy atom. The molecule has 0 bridgehead atoms. The van der Waals surface area contributed by atoms with Crippen molar-refractivity contribution in [1.29, 1.82) is 0 Å². The van der Waals surface area contributed by atoms with Crippen molar-refractivity contribution in [1.82, 2.24) is 0 Å². The van der Waals surface area contributed by atoms with E-state index in [0.29, 0.717) is 11.3 Å². The van der Waals surface area contributed by atoms with Gasteiger partial charge in [0.1, 0.15) is 58.4 Å². The fourth-order valence-corrected chi connectivity index (χ4v) is 3.50. The molecule has 5 N–H and O–H groups in total. The van der Waals surface area contributed by atoms with Crippen LogP contribution >= 0.6 is 0 Å². The van der Waals surface area contributed by atoms with Gasteiger partial charge in [0.2, 0.25) is 6.29 Å². The van der Waals surface area contributed by atoms with Gasteiger partial charge in [-0.1, -0.05) is 0 Å². The van der Waals surface area contributed by atoms with E-state index in [-0.39, 0.29) is 28.2 Å². The Labute approximate surface area is 181 Å². The molecular weight excluding hydrogens is 424 g/mol. The van der Waals surface area contributed by atoms with Gasteiger partial charge in [-0.25, -0.2) is 0 Å². The second kappa shape index (κ2) is 8.77. The van der Waals surface area contributed by atoms with Gasteiger partial charge in [0.15, 0.2) is 5.43 Å². The van der Waals surface area contributed by atoms with Crippen molar-refractivity contribution in [3.05, 3.63) is 52.7 Å². The number of phenolic OH excluding ortho intramolecular Hbond substituents is 1. The van der Waals surface area contributed by atoms with E-state index in [0.717, 1.165) is 0 Å². The fraction of sp³-hybridized carbons (Fsp3) is 0.318. The number of benzene rings is 2. The second-order valence-electron chi connectivity index (χ2n) is 7.33. The highest BCUT2D eigenvalue weighted by Gasteiger charge is 2.44. The number of aliphatic hydroxyl groups excluding tert-OH is 4. The Morgan fingerprint density at radius 1 is 0.969 bits per heavy atom. The maximum absolute atomic E-state index is 12.5. The van der Waals surface area contributed by atoms with E-state index in [4.69, 9.17) is 18.6 Å². The molecule has 32 heavy (non-hydrogen) atoms. The molecule has 1 aliphatic rings. The quantitative estimate of drug-likeness (QED) is 0.370.